The number of halogens is 10. The van der Waals surface area contributed by atoms with Crippen molar-refractivity contribution in [3.8, 4) is 17.0 Å². The standard InChI is InChI=1S/C14H6F9NO3S.CH3F/c15-12(16,17)8-3-1-7(2-4-8)9-5-6-10(11(24-9)13(18,19)20)27-28(25,26)14(21,22)23;1-2/h1-6H;1H3. The summed E-state index contributed by atoms with van der Waals surface area (Å²) >= 11 is 0. The second-order valence-electron chi connectivity index (χ2n) is 5.10. The van der Waals surface area contributed by atoms with E-state index >= 15 is 0 Å². The van der Waals surface area contributed by atoms with E-state index in [0.717, 1.165) is 12.1 Å². The first-order valence-electron chi connectivity index (χ1n) is 7.17. The van der Waals surface area contributed by atoms with Gasteiger partial charge in [-0.3, -0.25) is 4.39 Å². The molecule has 0 saturated heterocycles. The van der Waals surface area contributed by atoms with Crippen molar-refractivity contribution in [3.05, 3.63) is 47.7 Å². The summed E-state index contributed by atoms with van der Waals surface area (Å²) in [4.78, 5) is 3.01. The zero-order valence-corrected chi connectivity index (χ0v) is 15.1. The fourth-order valence-corrected chi connectivity index (χ4v) is 2.34. The highest BCUT2D eigenvalue weighted by atomic mass is 32.2. The number of hydrogen-bond acceptors (Lipinski definition) is 4. The first-order chi connectivity index (χ1) is 13.5. The SMILES string of the molecule is CF.O=S(=O)(Oc1ccc(-c2ccc(C(F)(F)F)cc2)nc1C(F)(F)F)C(F)(F)F. The van der Waals surface area contributed by atoms with E-state index < -0.39 is 50.7 Å². The van der Waals surface area contributed by atoms with Gasteiger partial charge in [0.2, 0.25) is 0 Å². The highest BCUT2D eigenvalue weighted by Crippen LogP contribution is 2.39. The minimum absolute atomic E-state index is 0.233. The zero-order valence-electron chi connectivity index (χ0n) is 14.3. The van der Waals surface area contributed by atoms with Gasteiger partial charge in [-0.2, -0.15) is 47.9 Å². The van der Waals surface area contributed by atoms with Crippen molar-refractivity contribution >= 4 is 10.1 Å². The molecule has 0 amide bonds. The van der Waals surface area contributed by atoms with Crippen LogP contribution in [0.1, 0.15) is 11.3 Å². The van der Waals surface area contributed by atoms with E-state index in [1.165, 1.54) is 0 Å². The molecule has 1 heterocycles. The van der Waals surface area contributed by atoms with Crippen LogP contribution in [-0.4, -0.2) is 26.1 Å². The summed E-state index contributed by atoms with van der Waals surface area (Å²) in [6.45, 7) is 0. The van der Waals surface area contributed by atoms with Crippen molar-refractivity contribution in [3.63, 3.8) is 0 Å². The van der Waals surface area contributed by atoms with Gasteiger partial charge < -0.3 is 4.18 Å². The molecule has 2 aromatic rings. The van der Waals surface area contributed by atoms with Gasteiger partial charge >= 0.3 is 28.0 Å². The Kier molecular flexibility index (Phi) is 7.34. The third-order valence-corrected chi connectivity index (χ3v) is 4.08. The lowest BCUT2D eigenvalue weighted by atomic mass is 10.1. The maximum absolute atomic E-state index is 13.1. The lowest BCUT2D eigenvalue weighted by molar-refractivity contribution is -0.142. The number of aromatic nitrogens is 1. The molecule has 30 heavy (non-hydrogen) atoms. The fourth-order valence-electron chi connectivity index (χ4n) is 1.87. The van der Waals surface area contributed by atoms with Gasteiger partial charge in [-0.1, -0.05) is 12.1 Å². The number of pyridine rings is 1. The summed E-state index contributed by atoms with van der Waals surface area (Å²) in [6.07, 6.45) is -10.1. The predicted molar refractivity (Wildman–Crippen MR) is 82.3 cm³/mol. The number of hydrogen-bond donors (Lipinski definition) is 0. The first kappa shape index (κ1) is 25.5. The van der Waals surface area contributed by atoms with Gasteiger partial charge in [0.1, 0.15) is 0 Å². The maximum Gasteiger partial charge on any atom is 0.534 e. The topological polar surface area (TPSA) is 56.3 Å². The molecule has 0 aliphatic heterocycles. The molecule has 1 aromatic heterocycles. The van der Waals surface area contributed by atoms with Crippen LogP contribution in [0.3, 0.4) is 0 Å². The molecular weight excluding hydrogens is 464 g/mol. The molecule has 4 nitrogen and oxygen atoms in total. The second kappa shape index (κ2) is 8.65. The third kappa shape index (κ3) is 5.96. The molecule has 0 fully saturated rings. The van der Waals surface area contributed by atoms with Gasteiger partial charge in [0.05, 0.1) is 18.4 Å². The molecule has 0 aliphatic rings. The Morgan fingerprint density at radius 1 is 0.767 bits per heavy atom. The van der Waals surface area contributed by atoms with Crippen molar-refractivity contribution in [2.45, 2.75) is 17.9 Å². The molecular formula is C15H9F10NO3S. The molecule has 2 rings (SSSR count). The molecule has 0 radical (unpaired) electrons. The van der Waals surface area contributed by atoms with Gasteiger partial charge in [0.15, 0.2) is 11.4 Å². The van der Waals surface area contributed by atoms with Crippen molar-refractivity contribution in [1.29, 1.82) is 0 Å². The summed E-state index contributed by atoms with van der Waals surface area (Å²) in [5, 5.41) is 0. The average molecular weight is 473 g/mol. The molecule has 0 atom stereocenters. The molecule has 1 aromatic carbocycles. The van der Waals surface area contributed by atoms with Crippen LogP contribution in [-0.2, 0) is 22.5 Å². The van der Waals surface area contributed by atoms with E-state index in [4.69, 9.17) is 0 Å². The number of benzene rings is 1. The first-order valence-corrected chi connectivity index (χ1v) is 8.57. The fraction of sp³-hybridized carbons (Fsp3) is 0.267. The molecule has 0 aliphatic carbocycles. The summed E-state index contributed by atoms with van der Waals surface area (Å²) in [5.41, 5.74) is -9.98. The van der Waals surface area contributed by atoms with Crippen LogP contribution >= 0.6 is 0 Å². The molecule has 0 N–H and O–H groups in total. The van der Waals surface area contributed by atoms with Crippen molar-refractivity contribution in [1.82, 2.24) is 4.98 Å². The Morgan fingerprint density at radius 2 is 1.27 bits per heavy atom. The van der Waals surface area contributed by atoms with Crippen LogP contribution in [0.25, 0.3) is 11.3 Å². The Bertz CT molecular complexity index is 964. The summed E-state index contributed by atoms with van der Waals surface area (Å²) < 4.78 is 149. The van der Waals surface area contributed by atoms with Crippen LogP contribution in [0.2, 0.25) is 0 Å². The van der Waals surface area contributed by atoms with Gasteiger partial charge in [-0.25, -0.2) is 4.98 Å². The van der Waals surface area contributed by atoms with Crippen LogP contribution in [0.4, 0.5) is 43.9 Å². The van der Waals surface area contributed by atoms with E-state index in [-0.39, 0.29) is 11.6 Å². The van der Waals surface area contributed by atoms with E-state index in [1.54, 1.807) is 0 Å². The van der Waals surface area contributed by atoms with Gasteiger partial charge in [0.25, 0.3) is 0 Å². The van der Waals surface area contributed by atoms with E-state index in [0.29, 0.717) is 25.4 Å². The van der Waals surface area contributed by atoms with Crippen LogP contribution in [0, 0.1) is 0 Å². The molecule has 15 heteroatoms. The van der Waals surface area contributed by atoms with Crippen molar-refractivity contribution in [2.24, 2.45) is 0 Å². The Balaban J connectivity index is 0.00000218. The molecule has 0 spiro atoms. The largest absolute Gasteiger partial charge is 0.534 e. The highest BCUT2D eigenvalue weighted by Gasteiger charge is 2.50. The van der Waals surface area contributed by atoms with Crippen LogP contribution in [0.5, 0.6) is 5.75 Å². The van der Waals surface area contributed by atoms with E-state index in [9.17, 15) is 52.3 Å². The third-order valence-electron chi connectivity index (χ3n) is 3.12. The monoisotopic (exact) mass is 473 g/mol. The van der Waals surface area contributed by atoms with Crippen molar-refractivity contribution < 1.29 is 56.5 Å². The minimum atomic E-state index is -6.40. The van der Waals surface area contributed by atoms with Crippen LogP contribution in [0.15, 0.2) is 36.4 Å². The van der Waals surface area contributed by atoms with E-state index in [2.05, 4.69) is 9.17 Å². The summed E-state index contributed by atoms with van der Waals surface area (Å²) in [5.74, 6) is -1.74. The quantitative estimate of drug-likeness (QED) is 0.331. The number of alkyl halides is 10. The average Bonchev–Trinajstić information content (AvgIpc) is 2.61. The summed E-state index contributed by atoms with van der Waals surface area (Å²) in [6, 6.07) is 3.63. The smallest absolute Gasteiger partial charge is 0.374 e. The Morgan fingerprint density at radius 3 is 1.67 bits per heavy atom. The predicted octanol–water partition coefficient (Wildman–Crippen LogP) is 5.60. The van der Waals surface area contributed by atoms with E-state index in [1.807, 2.05) is 0 Å². The number of nitrogens with zero attached hydrogens (tertiary/aromatic N) is 1. The normalized spacial score (nSPS) is 12.8. The molecule has 0 unspecified atom stereocenters. The highest BCUT2D eigenvalue weighted by molar-refractivity contribution is 7.88. The Labute approximate surface area is 162 Å². The number of rotatable bonds is 3. The molecule has 0 saturated carbocycles. The lowest BCUT2D eigenvalue weighted by Gasteiger charge is -2.15. The summed E-state index contributed by atoms with van der Waals surface area (Å²) in [7, 11) is -5.90. The van der Waals surface area contributed by atoms with Gasteiger partial charge in [-0.15, -0.1) is 0 Å². The molecule has 168 valence electrons. The zero-order chi connectivity index (χ0) is 23.5. The van der Waals surface area contributed by atoms with Gasteiger partial charge in [0, 0.05) is 5.56 Å². The van der Waals surface area contributed by atoms with Gasteiger partial charge in [-0.05, 0) is 24.3 Å². The van der Waals surface area contributed by atoms with Crippen LogP contribution < -0.4 is 4.18 Å². The second-order valence-corrected chi connectivity index (χ2v) is 6.64. The Hall–Kier alpha value is -2.58. The van der Waals surface area contributed by atoms with Crippen molar-refractivity contribution in [2.75, 3.05) is 7.18 Å². The maximum atomic E-state index is 13.1. The molecule has 0 bridgehead atoms. The lowest BCUT2D eigenvalue weighted by Crippen LogP contribution is -2.29. The minimum Gasteiger partial charge on any atom is -0.374 e.